The number of aromatic nitrogens is 2. The SMILES string of the molecule is COc1cccc(Nc2nc3ccc(CC(=O)c4ccc(N(C)C)cc4)cc3[nH]2)c1. The summed E-state index contributed by atoms with van der Waals surface area (Å²) in [6.45, 7) is 0. The van der Waals surface area contributed by atoms with Gasteiger partial charge in [0.05, 0.1) is 18.1 Å². The van der Waals surface area contributed by atoms with Gasteiger partial charge >= 0.3 is 0 Å². The quantitative estimate of drug-likeness (QED) is 0.436. The number of nitrogens with one attached hydrogen (secondary N) is 2. The van der Waals surface area contributed by atoms with E-state index in [0.29, 0.717) is 17.9 Å². The van der Waals surface area contributed by atoms with Gasteiger partial charge in [-0.25, -0.2) is 4.98 Å². The lowest BCUT2D eigenvalue weighted by molar-refractivity contribution is 0.0993. The lowest BCUT2D eigenvalue weighted by Crippen LogP contribution is -2.09. The van der Waals surface area contributed by atoms with Crippen LogP contribution in [0.4, 0.5) is 17.3 Å². The van der Waals surface area contributed by atoms with E-state index < -0.39 is 0 Å². The van der Waals surface area contributed by atoms with Crippen LogP contribution in [0.15, 0.2) is 66.7 Å². The molecule has 0 radical (unpaired) electrons. The molecule has 30 heavy (non-hydrogen) atoms. The Morgan fingerprint density at radius 2 is 1.87 bits per heavy atom. The smallest absolute Gasteiger partial charge is 0.205 e. The van der Waals surface area contributed by atoms with Gasteiger partial charge in [-0.15, -0.1) is 0 Å². The minimum Gasteiger partial charge on any atom is -0.497 e. The second-order valence-electron chi connectivity index (χ2n) is 7.34. The molecule has 6 nitrogen and oxygen atoms in total. The Hall–Kier alpha value is -3.80. The topological polar surface area (TPSA) is 70.2 Å². The van der Waals surface area contributed by atoms with Gasteiger partial charge in [-0.3, -0.25) is 4.79 Å². The van der Waals surface area contributed by atoms with Crippen LogP contribution in [-0.2, 0) is 6.42 Å². The van der Waals surface area contributed by atoms with Crippen LogP contribution < -0.4 is 15.0 Å². The summed E-state index contributed by atoms with van der Waals surface area (Å²) in [7, 11) is 5.60. The Bertz CT molecular complexity index is 1180. The van der Waals surface area contributed by atoms with E-state index in [4.69, 9.17) is 4.74 Å². The summed E-state index contributed by atoms with van der Waals surface area (Å²) in [5.41, 5.74) is 5.33. The molecule has 4 rings (SSSR count). The molecule has 3 aromatic carbocycles. The first-order valence-corrected chi connectivity index (χ1v) is 9.72. The maximum absolute atomic E-state index is 12.7. The van der Waals surface area contributed by atoms with Crippen molar-refractivity contribution in [2.45, 2.75) is 6.42 Å². The largest absolute Gasteiger partial charge is 0.497 e. The van der Waals surface area contributed by atoms with Crippen LogP contribution >= 0.6 is 0 Å². The predicted molar refractivity (Wildman–Crippen MR) is 121 cm³/mol. The Labute approximate surface area is 175 Å². The molecule has 0 bridgehead atoms. The number of H-pyrrole nitrogens is 1. The number of hydrogen-bond donors (Lipinski definition) is 2. The van der Waals surface area contributed by atoms with E-state index in [0.717, 1.165) is 33.7 Å². The Morgan fingerprint density at radius 3 is 2.60 bits per heavy atom. The summed E-state index contributed by atoms with van der Waals surface area (Å²) in [5.74, 6) is 1.51. The molecular formula is C24H24N4O2. The number of imidazole rings is 1. The van der Waals surface area contributed by atoms with E-state index in [-0.39, 0.29) is 5.78 Å². The highest BCUT2D eigenvalue weighted by Gasteiger charge is 2.10. The number of aromatic amines is 1. The van der Waals surface area contributed by atoms with Gasteiger partial charge in [-0.2, -0.15) is 0 Å². The molecular weight excluding hydrogens is 376 g/mol. The highest BCUT2D eigenvalue weighted by Crippen LogP contribution is 2.23. The molecule has 6 heteroatoms. The third kappa shape index (κ3) is 4.27. The third-order valence-corrected chi connectivity index (χ3v) is 4.95. The van der Waals surface area contributed by atoms with E-state index in [1.807, 2.05) is 85.7 Å². The van der Waals surface area contributed by atoms with E-state index in [2.05, 4.69) is 15.3 Å². The van der Waals surface area contributed by atoms with Gasteiger partial charge < -0.3 is 19.9 Å². The number of nitrogens with zero attached hydrogens (tertiary/aromatic N) is 2. The first-order valence-electron chi connectivity index (χ1n) is 9.72. The number of ether oxygens (including phenoxy) is 1. The number of hydrogen-bond acceptors (Lipinski definition) is 5. The van der Waals surface area contributed by atoms with Crippen molar-refractivity contribution >= 4 is 34.1 Å². The van der Waals surface area contributed by atoms with Gasteiger partial charge in [-0.1, -0.05) is 12.1 Å². The number of benzene rings is 3. The lowest BCUT2D eigenvalue weighted by atomic mass is 10.0. The number of carbonyl (C=O) groups excluding carboxylic acids is 1. The normalized spacial score (nSPS) is 10.8. The average Bonchev–Trinajstić information content (AvgIpc) is 3.15. The molecule has 152 valence electrons. The molecule has 0 spiro atoms. The van der Waals surface area contributed by atoms with Gasteiger partial charge in [0.25, 0.3) is 0 Å². The molecule has 0 aliphatic heterocycles. The average molecular weight is 400 g/mol. The van der Waals surface area contributed by atoms with Gasteiger partial charge in [0.2, 0.25) is 5.95 Å². The van der Waals surface area contributed by atoms with Gasteiger partial charge in [-0.05, 0) is 54.1 Å². The number of fused-ring (bicyclic) bond motifs is 1. The molecule has 4 aromatic rings. The summed E-state index contributed by atoms with van der Waals surface area (Å²) >= 11 is 0. The number of rotatable bonds is 7. The lowest BCUT2D eigenvalue weighted by Gasteiger charge is -2.12. The number of carbonyl (C=O) groups is 1. The highest BCUT2D eigenvalue weighted by molar-refractivity contribution is 5.98. The van der Waals surface area contributed by atoms with Crippen LogP contribution in [0.5, 0.6) is 5.75 Å². The van der Waals surface area contributed by atoms with Crippen molar-refractivity contribution in [2.75, 3.05) is 31.4 Å². The van der Waals surface area contributed by atoms with Crippen LogP contribution in [0.2, 0.25) is 0 Å². The molecule has 0 unspecified atom stereocenters. The molecule has 0 aliphatic carbocycles. The first kappa shape index (κ1) is 19.5. The fourth-order valence-electron chi connectivity index (χ4n) is 3.30. The summed E-state index contributed by atoms with van der Waals surface area (Å²) in [4.78, 5) is 22.5. The predicted octanol–water partition coefficient (Wildman–Crippen LogP) is 4.81. The second kappa shape index (κ2) is 8.29. The molecule has 1 aromatic heterocycles. The zero-order valence-electron chi connectivity index (χ0n) is 17.3. The van der Waals surface area contributed by atoms with Crippen LogP contribution in [0.3, 0.4) is 0 Å². The van der Waals surface area contributed by atoms with Crippen LogP contribution in [-0.4, -0.2) is 37.0 Å². The molecule has 0 amide bonds. The van der Waals surface area contributed by atoms with Gasteiger partial charge in [0, 0.05) is 43.5 Å². The number of Topliss-reactive ketones (excluding diaryl/α,β-unsaturated/α-hetero) is 1. The van der Waals surface area contributed by atoms with Crippen molar-refractivity contribution in [1.29, 1.82) is 0 Å². The van der Waals surface area contributed by atoms with Crippen LogP contribution in [0, 0.1) is 0 Å². The summed E-state index contributed by atoms with van der Waals surface area (Å²) in [5, 5.41) is 3.25. The standard InChI is InChI=1S/C24H24N4O2/c1-28(2)19-10-8-17(9-11-19)23(29)14-16-7-12-21-22(13-16)27-24(26-21)25-18-5-4-6-20(15-18)30-3/h4-13,15H,14H2,1-3H3,(H2,25,26,27). The fourth-order valence-corrected chi connectivity index (χ4v) is 3.30. The van der Waals surface area contributed by atoms with E-state index in [9.17, 15) is 4.79 Å². The van der Waals surface area contributed by atoms with E-state index >= 15 is 0 Å². The monoisotopic (exact) mass is 400 g/mol. The van der Waals surface area contributed by atoms with Crippen molar-refractivity contribution < 1.29 is 9.53 Å². The van der Waals surface area contributed by atoms with Crippen molar-refractivity contribution in [3.05, 3.63) is 77.9 Å². The van der Waals surface area contributed by atoms with Gasteiger partial charge in [0.1, 0.15) is 5.75 Å². The van der Waals surface area contributed by atoms with Crippen molar-refractivity contribution in [3.8, 4) is 5.75 Å². The van der Waals surface area contributed by atoms with Crippen molar-refractivity contribution in [3.63, 3.8) is 0 Å². The van der Waals surface area contributed by atoms with E-state index in [1.54, 1.807) is 7.11 Å². The minimum atomic E-state index is 0.0916. The first-order chi connectivity index (χ1) is 14.5. The summed E-state index contributed by atoms with van der Waals surface area (Å²) in [6.07, 6.45) is 0.342. The maximum Gasteiger partial charge on any atom is 0.205 e. The van der Waals surface area contributed by atoms with E-state index in [1.165, 1.54) is 0 Å². The number of ketones is 1. The molecule has 0 saturated heterocycles. The zero-order valence-corrected chi connectivity index (χ0v) is 17.3. The van der Waals surface area contributed by atoms with Crippen LogP contribution in [0.1, 0.15) is 15.9 Å². The Balaban J connectivity index is 1.49. The molecule has 0 saturated carbocycles. The number of methoxy groups -OCH3 is 1. The molecule has 1 heterocycles. The summed E-state index contributed by atoms with van der Waals surface area (Å²) in [6, 6.07) is 21.2. The second-order valence-corrected chi connectivity index (χ2v) is 7.34. The minimum absolute atomic E-state index is 0.0916. The fraction of sp³-hybridized carbons (Fsp3) is 0.167. The van der Waals surface area contributed by atoms with Crippen molar-refractivity contribution in [1.82, 2.24) is 9.97 Å². The maximum atomic E-state index is 12.7. The van der Waals surface area contributed by atoms with Crippen LogP contribution in [0.25, 0.3) is 11.0 Å². The third-order valence-electron chi connectivity index (χ3n) is 4.95. The molecule has 0 atom stereocenters. The number of anilines is 3. The molecule has 0 fully saturated rings. The van der Waals surface area contributed by atoms with Crippen molar-refractivity contribution in [2.24, 2.45) is 0 Å². The zero-order chi connectivity index (χ0) is 21.1. The summed E-state index contributed by atoms with van der Waals surface area (Å²) < 4.78 is 5.25. The van der Waals surface area contributed by atoms with Gasteiger partial charge in [0.15, 0.2) is 5.78 Å². The molecule has 0 aliphatic rings. The Kier molecular flexibility index (Phi) is 5.39. The molecule has 2 N–H and O–H groups in total. The highest BCUT2D eigenvalue weighted by atomic mass is 16.5. The Morgan fingerprint density at radius 1 is 1.07 bits per heavy atom.